The fourth-order valence-corrected chi connectivity index (χ4v) is 6.29. The average molecular weight is 733 g/mol. The zero-order chi connectivity index (χ0) is 37.6. The van der Waals surface area contributed by atoms with Crippen LogP contribution in [0.4, 0.5) is 4.79 Å². The molecule has 3 aliphatic heterocycles. The molecule has 0 aromatic heterocycles. The minimum Gasteiger partial charge on any atom is -0.444 e. The molecule has 4 aliphatic rings. The van der Waals surface area contributed by atoms with Gasteiger partial charge in [-0.25, -0.2) is 4.79 Å². The van der Waals surface area contributed by atoms with Gasteiger partial charge in [0.1, 0.15) is 42.2 Å². The lowest BCUT2D eigenvalue weighted by molar-refractivity contribution is -0.283. The van der Waals surface area contributed by atoms with Crippen LogP contribution in [0, 0.1) is 5.92 Å². The van der Waals surface area contributed by atoms with Crippen LogP contribution in [-0.4, -0.2) is 156 Å². The summed E-state index contributed by atoms with van der Waals surface area (Å²) in [6, 6.07) is -2.34. The number of alkyl carbamates (subject to hydrolysis) is 1. The van der Waals surface area contributed by atoms with Crippen LogP contribution in [0.15, 0.2) is 24.3 Å². The Morgan fingerprint density at radius 2 is 1.39 bits per heavy atom. The molecule has 19 heteroatoms. The minimum atomic E-state index is -1.62. The van der Waals surface area contributed by atoms with Gasteiger partial charge in [0.15, 0.2) is 24.7 Å². The first-order valence-electron chi connectivity index (χ1n) is 17.2. The first-order valence-corrected chi connectivity index (χ1v) is 17.2. The molecule has 0 bridgehead atoms. The van der Waals surface area contributed by atoms with E-state index in [0.29, 0.717) is 0 Å². The SMILES string of the molecule is CC(C)(C)OC(=O)NC[C@H](O)C(=O)C[C@@H]1C[C@H](N)[C@@H](O[C@H]2O[C@H](CN)C=C[C@H]2N)[C@H](O[C@@H]2O[C@H](CO)[C@@H](O[C@H]3O[C@@H](CN)C=C[C@H]3N)[C@H]2O)[C@H]1O. The topological polar surface area (TPSA) is 322 Å². The summed E-state index contributed by atoms with van der Waals surface area (Å²) in [6.45, 7) is 4.28. The largest absolute Gasteiger partial charge is 0.444 e. The van der Waals surface area contributed by atoms with Gasteiger partial charge in [0.25, 0.3) is 0 Å². The van der Waals surface area contributed by atoms with Gasteiger partial charge in [-0.05, 0) is 33.1 Å². The van der Waals surface area contributed by atoms with Crippen LogP contribution < -0.4 is 34.0 Å². The number of nitrogens with one attached hydrogen (secondary N) is 1. The third-order valence-electron chi connectivity index (χ3n) is 8.97. The number of rotatable bonds is 14. The van der Waals surface area contributed by atoms with Crippen molar-refractivity contribution in [3.05, 3.63) is 24.3 Å². The van der Waals surface area contributed by atoms with E-state index in [1.54, 1.807) is 45.1 Å². The number of aliphatic hydroxyl groups excluding tert-OH is 4. The lowest BCUT2D eigenvalue weighted by Gasteiger charge is -2.46. The first kappa shape index (κ1) is 41.6. The number of aliphatic hydroxyl groups is 4. The van der Waals surface area contributed by atoms with Gasteiger partial charge in [0.05, 0.1) is 43.5 Å². The Kier molecular flexibility index (Phi) is 14.9. The van der Waals surface area contributed by atoms with Crippen molar-refractivity contribution in [1.29, 1.82) is 0 Å². The Hall–Kier alpha value is -2.18. The van der Waals surface area contributed by atoms with Crippen molar-refractivity contribution in [2.45, 2.75) is 131 Å². The number of carbonyl (C=O) groups excluding carboxylic acids is 2. The smallest absolute Gasteiger partial charge is 0.407 e. The van der Waals surface area contributed by atoms with Crippen molar-refractivity contribution in [1.82, 2.24) is 5.32 Å². The van der Waals surface area contributed by atoms with E-state index in [9.17, 15) is 30.0 Å². The standard InChI is InChI=1S/C32H56N6O13/c1-32(2,3)51-31(44)38-12-21(41)20(40)9-14-8-19(37)25(48-28-17(35)6-4-15(10-33)45-28)27(23(14)42)50-30-24(43)26(22(13-39)47-30)49-29-18(36)7-5-16(11-34)46-29/h4-7,14-19,21-30,39,41-43H,8-13,33-37H2,1-3H3,(H,38,44)/t14-,15-,16+,17+,18+,19-,21-,22+,23-,24+,25+,26+,27+,28+,29+,30-/m0/s1. The van der Waals surface area contributed by atoms with Crippen molar-refractivity contribution in [2.75, 3.05) is 26.2 Å². The Morgan fingerprint density at radius 1 is 0.843 bits per heavy atom. The van der Waals surface area contributed by atoms with E-state index < -0.39 is 128 Å². The highest BCUT2D eigenvalue weighted by Gasteiger charge is 2.53. The third kappa shape index (κ3) is 10.9. The molecule has 0 aromatic rings. The van der Waals surface area contributed by atoms with Gasteiger partial charge in [0.2, 0.25) is 0 Å². The van der Waals surface area contributed by atoms with Crippen molar-refractivity contribution in [3.63, 3.8) is 0 Å². The van der Waals surface area contributed by atoms with Crippen LogP contribution >= 0.6 is 0 Å². The van der Waals surface area contributed by atoms with Crippen LogP contribution in [0.2, 0.25) is 0 Å². The number of hydrogen-bond acceptors (Lipinski definition) is 18. The Bertz CT molecular complexity index is 1210. The molecule has 0 radical (unpaired) electrons. The van der Waals surface area contributed by atoms with Gasteiger partial charge in [-0.3, -0.25) is 4.79 Å². The molecule has 292 valence electrons. The molecule has 15 N–H and O–H groups in total. The molecule has 51 heavy (non-hydrogen) atoms. The van der Waals surface area contributed by atoms with Crippen LogP contribution in [0.25, 0.3) is 0 Å². The lowest BCUT2D eigenvalue weighted by atomic mass is 9.76. The van der Waals surface area contributed by atoms with Crippen molar-refractivity contribution < 1.29 is 63.2 Å². The summed E-state index contributed by atoms with van der Waals surface area (Å²) in [4.78, 5) is 25.1. The van der Waals surface area contributed by atoms with E-state index in [-0.39, 0.29) is 25.9 Å². The van der Waals surface area contributed by atoms with E-state index in [1.807, 2.05) is 0 Å². The maximum absolute atomic E-state index is 13.1. The third-order valence-corrected chi connectivity index (χ3v) is 8.97. The van der Waals surface area contributed by atoms with Gasteiger partial charge in [-0.15, -0.1) is 0 Å². The Balaban J connectivity index is 1.51. The summed E-state index contributed by atoms with van der Waals surface area (Å²) in [7, 11) is 0. The zero-order valence-electron chi connectivity index (χ0n) is 29.1. The van der Waals surface area contributed by atoms with E-state index in [2.05, 4.69) is 5.32 Å². The molecule has 0 aromatic carbocycles. The second kappa shape index (κ2) is 18.2. The number of carbonyl (C=O) groups is 2. The van der Waals surface area contributed by atoms with E-state index in [0.717, 1.165) is 0 Å². The Morgan fingerprint density at radius 3 is 1.92 bits per heavy atom. The molecule has 2 fully saturated rings. The van der Waals surface area contributed by atoms with Gasteiger partial charge in [-0.2, -0.15) is 0 Å². The van der Waals surface area contributed by atoms with E-state index >= 15 is 0 Å². The number of hydrogen-bond donors (Lipinski definition) is 10. The van der Waals surface area contributed by atoms with Gasteiger partial charge >= 0.3 is 6.09 Å². The van der Waals surface area contributed by atoms with E-state index in [4.69, 9.17) is 61.8 Å². The van der Waals surface area contributed by atoms with Crippen LogP contribution in [-0.2, 0) is 38.0 Å². The van der Waals surface area contributed by atoms with Crippen LogP contribution in [0.1, 0.15) is 33.6 Å². The molecule has 0 unspecified atom stereocenters. The highest BCUT2D eigenvalue weighted by atomic mass is 16.8. The molecule has 1 aliphatic carbocycles. The molecular weight excluding hydrogens is 676 g/mol. The minimum absolute atomic E-state index is 0.0353. The van der Waals surface area contributed by atoms with Crippen LogP contribution in [0.5, 0.6) is 0 Å². The monoisotopic (exact) mass is 732 g/mol. The molecule has 16 atom stereocenters. The maximum Gasteiger partial charge on any atom is 0.407 e. The molecule has 3 heterocycles. The number of nitrogens with two attached hydrogens (primary N) is 5. The summed E-state index contributed by atoms with van der Waals surface area (Å²) < 4.78 is 41.1. The van der Waals surface area contributed by atoms with E-state index in [1.165, 1.54) is 0 Å². The number of amides is 1. The van der Waals surface area contributed by atoms with Crippen molar-refractivity contribution in [2.24, 2.45) is 34.6 Å². The lowest BCUT2D eigenvalue weighted by Crippen LogP contribution is -2.62. The fraction of sp³-hybridized carbons (Fsp3) is 0.812. The molecular formula is C32H56N6O13. The predicted octanol–water partition coefficient (Wildman–Crippen LogP) is -4.09. The first-order chi connectivity index (χ1) is 24.0. The van der Waals surface area contributed by atoms with Gasteiger partial charge < -0.3 is 87.6 Å². The summed E-state index contributed by atoms with van der Waals surface area (Å²) in [5, 5.41) is 46.1. The van der Waals surface area contributed by atoms with Crippen LogP contribution in [0.3, 0.4) is 0 Å². The second-order valence-corrected chi connectivity index (χ2v) is 14.2. The summed E-state index contributed by atoms with van der Waals surface area (Å²) in [6.07, 6.45) is -8.42. The van der Waals surface area contributed by atoms with Gasteiger partial charge in [0, 0.05) is 25.6 Å². The molecule has 1 saturated carbocycles. The second-order valence-electron chi connectivity index (χ2n) is 14.2. The normalized spacial score (nSPS) is 40.6. The molecule has 4 rings (SSSR count). The summed E-state index contributed by atoms with van der Waals surface area (Å²) in [5.41, 5.74) is 29.7. The van der Waals surface area contributed by atoms with Gasteiger partial charge in [-0.1, -0.05) is 24.3 Å². The fourth-order valence-electron chi connectivity index (χ4n) is 6.29. The van der Waals surface area contributed by atoms with Crippen molar-refractivity contribution >= 4 is 11.9 Å². The zero-order valence-corrected chi connectivity index (χ0v) is 29.1. The molecule has 1 saturated heterocycles. The highest BCUT2D eigenvalue weighted by Crippen LogP contribution is 2.36. The number of ether oxygens (including phenoxy) is 7. The van der Waals surface area contributed by atoms with Crippen molar-refractivity contribution in [3.8, 4) is 0 Å². The molecule has 1 amide bonds. The molecule has 19 nitrogen and oxygen atoms in total. The summed E-state index contributed by atoms with van der Waals surface area (Å²) >= 11 is 0. The molecule has 0 spiro atoms. The number of Topliss-reactive ketones (excluding diaryl/α,β-unsaturated/α-hetero) is 1. The highest BCUT2D eigenvalue weighted by molar-refractivity contribution is 5.84. The number of ketones is 1. The summed E-state index contributed by atoms with van der Waals surface area (Å²) in [5.74, 6) is -1.56. The maximum atomic E-state index is 13.1. The Labute approximate surface area is 296 Å². The average Bonchev–Trinajstić information content (AvgIpc) is 3.37. The predicted molar refractivity (Wildman–Crippen MR) is 178 cm³/mol. The quantitative estimate of drug-likeness (QED) is 0.0759.